The molecule has 0 bridgehead atoms. The summed E-state index contributed by atoms with van der Waals surface area (Å²) in [6.45, 7) is 0. The Labute approximate surface area is 148 Å². The molecule has 1 unspecified atom stereocenters. The van der Waals surface area contributed by atoms with E-state index in [4.69, 9.17) is 5.21 Å². The fraction of sp³-hybridized carbons (Fsp3) is 0.222. The van der Waals surface area contributed by atoms with Gasteiger partial charge < -0.3 is 15.3 Å². The number of hydrogen-bond acceptors (Lipinski definition) is 6. The third-order valence-corrected chi connectivity index (χ3v) is 3.91. The molecule has 0 saturated heterocycles. The Balaban J connectivity index is 2.42. The highest BCUT2D eigenvalue weighted by Gasteiger charge is 2.36. The van der Waals surface area contributed by atoms with Crippen LogP contribution in [0, 0.1) is 5.82 Å². The first kappa shape index (κ1) is 19.4. The van der Waals surface area contributed by atoms with E-state index in [-0.39, 0.29) is 17.0 Å². The minimum atomic E-state index is -1.94. The lowest BCUT2D eigenvalue weighted by molar-refractivity contribution is -0.167. The van der Waals surface area contributed by atoms with Crippen LogP contribution in [-0.4, -0.2) is 44.3 Å². The number of phenolic OH excluding ortho intramolecular Hbond substituents is 2. The molecular formula is C18H18FNO6. The molecule has 8 heteroatoms. The minimum absolute atomic E-state index is 0.0684. The zero-order valence-corrected chi connectivity index (χ0v) is 13.9. The summed E-state index contributed by atoms with van der Waals surface area (Å²) in [5.41, 5.74) is -1.40. The number of rotatable bonds is 6. The van der Waals surface area contributed by atoms with E-state index in [2.05, 4.69) is 0 Å². The third kappa shape index (κ3) is 4.35. The van der Waals surface area contributed by atoms with Crippen LogP contribution < -0.4 is 0 Å². The summed E-state index contributed by atoms with van der Waals surface area (Å²) < 4.78 is 13.1. The van der Waals surface area contributed by atoms with Gasteiger partial charge in [0.1, 0.15) is 11.4 Å². The lowest BCUT2D eigenvalue weighted by Gasteiger charge is -2.28. The molecule has 1 amide bonds. The highest BCUT2D eigenvalue weighted by Crippen LogP contribution is 2.35. The van der Waals surface area contributed by atoms with E-state index >= 15 is 0 Å². The third-order valence-electron chi connectivity index (χ3n) is 3.91. The first-order chi connectivity index (χ1) is 12.1. The second-order valence-electron chi connectivity index (χ2n) is 5.97. The van der Waals surface area contributed by atoms with E-state index in [0.717, 1.165) is 19.2 Å². The zero-order chi connectivity index (χ0) is 19.5. The molecule has 0 radical (unpaired) electrons. The van der Waals surface area contributed by atoms with E-state index in [9.17, 15) is 29.3 Å². The van der Waals surface area contributed by atoms with Crippen molar-refractivity contribution in [2.24, 2.45) is 0 Å². The maximum absolute atomic E-state index is 13.1. The van der Waals surface area contributed by atoms with E-state index in [1.807, 2.05) is 0 Å². The molecule has 2 aromatic carbocycles. The van der Waals surface area contributed by atoms with Crippen LogP contribution in [0.5, 0.6) is 11.5 Å². The van der Waals surface area contributed by atoms with Crippen LogP contribution in [0.3, 0.4) is 0 Å². The molecule has 2 rings (SSSR count). The van der Waals surface area contributed by atoms with Gasteiger partial charge >= 0.3 is 5.91 Å². The van der Waals surface area contributed by atoms with E-state index in [1.54, 1.807) is 0 Å². The Morgan fingerprint density at radius 2 is 1.69 bits per heavy atom. The topological polar surface area (TPSA) is 118 Å². The summed E-state index contributed by atoms with van der Waals surface area (Å²) in [5, 5.41) is 39.4. The number of benzene rings is 2. The number of Topliss-reactive ketones (excluding diaryl/α,β-unsaturated/α-hetero) is 1. The van der Waals surface area contributed by atoms with Crippen molar-refractivity contribution in [1.29, 1.82) is 0 Å². The van der Waals surface area contributed by atoms with Crippen molar-refractivity contribution in [2.75, 3.05) is 7.05 Å². The van der Waals surface area contributed by atoms with Gasteiger partial charge in [-0.15, -0.1) is 0 Å². The quantitative estimate of drug-likeness (QED) is 0.267. The van der Waals surface area contributed by atoms with Gasteiger partial charge in [-0.3, -0.25) is 14.8 Å². The molecule has 0 aliphatic heterocycles. The molecule has 0 spiro atoms. The highest BCUT2D eigenvalue weighted by atomic mass is 19.1. The molecule has 0 heterocycles. The number of hydroxylamine groups is 2. The standard InChI is InChI=1S/C18H18FNO6/c1-20(26)17(24)16(23)10-18(25,9-11-2-5-13(19)6-3-11)12-4-7-14(21)15(22)8-12/h2-8,21-22,25-26H,9-10H2,1H3. The molecule has 2 aromatic rings. The first-order valence-corrected chi connectivity index (χ1v) is 7.61. The molecule has 4 N–H and O–H groups in total. The second-order valence-corrected chi connectivity index (χ2v) is 5.97. The van der Waals surface area contributed by atoms with E-state index in [0.29, 0.717) is 5.56 Å². The second kappa shape index (κ2) is 7.51. The molecule has 7 nitrogen and oxygen atoms in total. The van der Waals surface area contributed by atoms with Gasteiger partial charge in [-0.1, -0.05) is 18.2 Å². The van der Waals surface area contributed by atoms with Crippen molar-refractivity contribution >= 4 is 11.7 Å². The van der Waals surface area contributed by atoms with Gasteiger partial charge in [-0.05, 0) is 35.4 Å². The molecule has 1 atom stereocenters. The van der Waals surface area contributed by atoms with Crippen LogP contribution in [0.1, 0.15) is 17.5 Å². The van der Waals surface area contributed by atoms with Gasteiger partial charge in [-0.25, -0.2) is 9.45 Å². The summed E-state index contributed by atoms with van der Waals surface area (Å²) in [7, 11) is 0.978. The van der Waals surface area contributed by atoms with Gasteiger partial charge in [0.15, 0.2) is 11.5 Å². The largest absolute Gasteiger partial charge is 0.504 e. The van der Waals surface area contributed by atoms with Crippen LogP contribution in [0.25, 0.3) is 0 Å². The average Bonchev–Trinajstić information content (AvgIpc) is 2.58. The fourth-order valence-corrected chi connectivity index (χ4v) is 2.54. The van der Waals surface area contributed by atoms with Gasteiger partial charge in [0, 0.05) is 19.9 Å². The molecule has 26 heavy (non-hydrogen) atoms. The number of likely N-dealkylation sites (N-methyl/N-ethyl adjacent to an activating group) is 1. The number of ketones is 1. The number of amides is 1. The van der Waals surface area contributed by atoms with Crippen molar-refractivity contribution in [1.82, 2.24) is 5.06 Å². The Kier molecular flexibility index (Phi) is 5.59. The predicted octanol–water partition coefficient (Wildman–Crippen LogP) is 1.47. The molecule has 0 fully saturated rings. The van der Waals surface area contributed by atoms with E-state index in [1.165, 1.54) is 30.3 Å². The number of phenols is 2. The number of nitrogens with zero attached hydrogens (tertiary/aromatic N) is 1. The number of halogens is 1. The summed E-state index contributed by atoms with van der Waals surface area (Å²) in [6, 6.07) is 8.66. The van der Waals surface area contributed by atoms with Crippen LogP contribution in [-0.2, 0) is 21.6 Å². The number of carbonyl (C=O) groups is 2. The van der Waals surface area contributed by atoms with Crippen molar-refractivity contribution in [2.45, 2.75) is 18.4 Å². The Morgan fingerprint density at radius 3 is 2.23 bits per heavy atom. The lowest BCUT2D eigenvalue weighted by atomic mass is 9.82. The Bertz CT molecular complexity index is 821. The lowest BCUT2D eigenvalue weighted by Crippen LogP contribution is -2.38. The minimum Gasteiger partial charge on any atom is -0.504 e. The van der Waals surface area contributed by atoms with Crippen molar-refractivity contribution in [3.8, 4) is 11.5 Å². The number of aliphatic hydroxyl groups is 1. The monoisotopic (exact) mass is 363 g/mol. The molecule has 0 aliphatic rings. The van der Waals surface area contributed by atoms with Crippen LogP contribution in [0.4, 0.5) is 4.39 Å². The Hall–Kier alpha value is -2.97. The molecular weight excluding hydrogens is 345 g/mol. The smallest absolute Gasteiger partial charge is 0.313 e. The van der Waals surface area contributed by atoms with Gasteiger partial charge in [-0.2, -0.15) is 0 Å². The molecule has 0 aliphatic carbocycles. The zero-order valence-electron chi connectivity index (χ0n) is 13.9. The molecule has 0 saturated carbocycles. The van der Waals surface area contributed by atoms with Crippen LogP contribution >= 0.6 is 0 Å². The summed E-state index contributed by atoms with van der Waals surface area (Å²) >= 11 is 0. The molecule has 138 valence electrons. The van der Waals surface area contributed by atoms with Gasteiger partial charge in [0.2, 0.25) is 5.78 Å². The highest BCUT2D eigenvalue weighted by molar-refractivity contribution is 6.35. The fourth-order valence-electron chi connectivity index (χ4n) is 2.54. The average molecular weight is 363 g/mol. The van der Waals surface area contributed by atoms with Crippen molar-refractivity contribution in [3.05, 3.63) is 59.4 Å². The number of carbonyl (C=O) groups excluding carboxylic acids is 2. The summed E-state index contributed by atoms with van der Waals surface area (Å²) in [6.07, 6.45) is -0.871. The Morgan fingerprint density at radius 1 is 1.08 bits per heavy atom. The normalized spacial score (nSPS) is 13.1. The van der Waals surface area contributed by atoms with Gasteiger partial charge in [0.25, 0.3) is 0 Å². The number of hydrogen-bond donors (Lipinski definition) is 4. The van der Waals surface area contributed by atoms with Crippen LogP contribution in [0.15, 0.2) is 42.5 Å². The van der Waals surface area contributed by atoms with Crippen LogP contribution in [0.2, 0.25) is 0 Å². The predicted molar refractivity (Wildman–Crippen MR) is 88.0 cm³/mol. The van der Waals surface area contributed by atoms with Crippen molar-refractivity contribution in [3.63, 3.8) is 0 Å². The SMILES string of the molecule is CN(O)C(=O)C(=O)CC(O)(Cc1ccc(F)cc1)c1ccc(O)c(O)c1. The summed E-state index contributed by atoms with van der Waals surface area (Å²) in [4.78, 5) is 23.7. The number of aromatic hydroxyl groups is 2. The summed E-state index contributed by atoms with van der Waals surface area (Å²) in [5.74, 6) is -3.70. The first-order valence-electron chi connectivity index (χ1n) is 7.61. The maximum atomic E-state index is 13.1. The maximum Gasteiger partial charge on any atom is 0.313 e. The van der Waals surface area contributed by atoms with E-state index < -0.39 is 41.0 Å². The van der Waals surface area contributed by atoms with Gasteiger partial charge in [0.05, 0.1) is 0 Å². The van der Waals surface area contributed by atoms with Crippen molar-refractivity contribution < 1.29 is 34.5 Å². The molecule has 0 aromatic heterocycles.